The maximum atomic E-state index is 11.7. The van der Waals surface area contributed by atoms with Crippen LogP contribution in [0.15, 0.2) is 6.20 Å². The molecule has 2 aromatic heterocycles. The number of nitrogens with one attached hydrogen (secondary N) is 1. The molecule has 1 saturated heterocycles. The maximum Gasteiger partial charge on any atom is 0.223 e. The Hall–Kier alpha value is -2.00. The van der Waals surface area contributed by atoms with Crippen LogP contribution in [0.3, 0.4) is 0 Å². The molecule has 0 aromatic carbocycles. The van der Waals surface area contributed by atoms with E-state index in [9.17, 15) is 8.42 Å². The van der Waals surface area contributed by atoms with Crippen LogP contribution in [0.1, 0.15) is 62.7 Å². The minimum atomic E-state index is -3.12. The lowest BCUT2D eigenvalue weighted by molar-refractivity contribution is 0.331. The number of nitrogens with zero attached hydrogens (tertiary/aromatic N) is 5. The summed E-state index contributed by atoms with van der Waals surface area (Å²) in [4.78, 5) is 14.5. The second kappa shape index (κ2) is 6.75. The van der Waals surface area contributed by atoms with Crippen molar-refractivity contribution in [1.82, 2.24) is 23.8 Å². The first-order chi connectivity index (χ1) is 14.1. The number of sulfonamides is 1. The second-order valence-corrected chi connectivity index (χ2v) is 11.6. The fraction of sp³-hybridized carbons (Fsp3) is 0.667. The molecule has 1 saturated carbocycles. The van der Waals surface area contributed by atoms with Gasteiger partial charge in [0.25, 0.3) is 0 Å². The van der Waals surface area contributed by atoms with E-state index in [0.29, 0.717) is 25.1 Å². The predicted octanol–water partition coefficient (Wildman–Crippen LogP) is 2.65. The molecule has 0 radical (unpaired) electrons. The molecule has 1 N–H and O–H groups in total. The zero-order chi connectivity index (χ0) is 21.3. The van der Waals surface area contributed by atoms with E-state index in [4.69, 9.17) is 9.97 Å². The Kier molecular flexibility index (Phi) is 4.49. The summed E-state index contributed by atoms with van der Waals surface area (Å²) in [6.45, 7) is 7.67. The molecule has 30 heavy (non-hydrogen) atoms. The molecule has 0 spiro atoms. The van der Waals surface area contributed by atoms with Crippen LogP contribution >= 0.6 is 0 Å². The van der Waals surface area contributed by atoms with Gasteiger partial charge in [-0.15, -0.1) is 0 Å². The number of fused-ring (bicyclic) bond motifs is 3. The highest BCUT2D eigenvalue weighted by atomic mass is 32.2. The molecule has 2 fully saturated rings. The summed E-state index contributed by atoms with van der Waals surface area (Å²) in [5, 5.41) is 3.45. The first-order valence-electron chi connectivity index (χ1n) is 10.8. The summed E-state index contributed by atoms with van der Waals surface area (Å²) in [6.07, 6.45) is 8.03. The van der Waals surface area contributed by atoms with Gasteiger partial charge >= 0.3 is 0 Å². The Labute approximate surface area is 178 Å². The first kappa shape index (κ1) is 19.9. The van der Waals surface area contributed by atoms with Crippen molar-refractivity contribution in [3.8, 4) is 11.4 Å². The van der Waals surface area contributed by atoms with Gasteiger partial charge in [-0.05, 0) is 44.6 Å². The van der Waals surface area contributed by atoms with Crippen molar-refractivity contribution in [2.24, 2.45) is 0 Å². The van der Waals surface area contributed by atoms with Gasteiger partial charge in [0.1, 0.15) is 5.82 Å². The van der Waals surface area contributed by atoms with Crippen molar-refractivity contribution in [2.75, 3.05) is 24.7 Å². The fourth-order valence-electron chi connectivity index (χ4n) is 4.91. The van der Waals surface area contributed by atoms with E-state index in [-0.39, 0.29) is 11.5 Å². The zero-order valence-electron chi connectivity index (χ0n) is 18.1. The van der Waals surface area contributed by atoms with Gasteiger partial charge < -0.3 is 9.88 Å². The predicted molar refractivity (Wildman–Crippen MR) is 116 cm³/mol. The van der Waals surface area contributed by atoms with Crippen LogP contribution in [0.5, 0.6) is 0 Å². The second-order valence-electron chi connectivity index (χ2n) is 9.67. The summed E-state index contributed by atoms with van der Waals surface area (Å²) in [5.41, 5.74) is 4.45. The minimum Gasteiger partial charge on any atom is -0.351 e. The highest BCUT2D eigenvalue weighted by Crippen LogP contribution is 2.47. The topological polar surface area (TPSA) is 93.0 Å². The number of anilines is 1. The van der Waals surface area contributed by atoms with Crippen LogP contribution < -0.4 is 5.32 Å². The van der Waals surface area contributed by atoms with Crippen molar-refractivity contribution < 1.29 is 8.42 Å². The summed E-state index contributed by atoms with van der Waals surface area (Å²) in [5.74, 6) is 1.70. The average Bonchev–Trinajstić information content (AvgIpc) is 3.43. The van der Waals surface area contributed by atoms with Gasteiger partial charge in [-0.1, -0.05) is 13.8 Å². The van der Waals surface area contributed by atoms with Gasteiger partial charge in [0, 0.05) is 36.8 Å². The number of piperidine rings is 1. The van der Waals surface area contributed by atoms with Crippen molar-refractivity contribution in [1.29, 1.82) is 0 Å². The molecule has 3 aliphatic rings. The lowest BCUT2D eigenvalue weighted by atomic mass is 9.77. The Morgan fingerprint density at radius 1 is 1.13 bits per heavy atom. The molecule has 0 atom stereocenters. The Morgan fingerprint density at radius 3 is 2.47 bits per heavy atom. The van der Waals surface area contributed by atoms with Crippen LogP contribution in [0, 0.1) is 6.92 Å². The maximum absolute atomic E-state index is 11.7. The van der Waals surface area contributed by atoms with Gasteiger partial charge in [-0.25, -0.2) is 27.7 Å². The number of hydrogen-bond donors (Lipinski definition) is 1. The lowest BCUT2D eigenvalue weighted by Gasteiger charge is -2.32. The summed E-state index contributed by atoms with van der Waals surface area (Å²) in [6, 6.07) is 0.713. The van der Waals surface area contributed by atoms with Crippen LogP contribution in [0.25, 0.3) is 11.4 Å². The van der Waals surface area contributed by atoms with Gasteiger partial charge in [-0.3, -0.25) is 0 Å². The largest absolute Gasteiger partial charge is 0.351 e. The third-order valence-electron chi connectivity index (χ3n) is 6.62. The minimum absolute atomic E-state index is 0.0377. The smallest absolute Gasteiger partial charge is 0.223 e. The molecule has 2 aliphatic carbocycles. The summed E-state index contributed by atoms with van der Waals surface area (Å²) < 4.78 is 27.4. The Bertz CT molecular complexity index is 1090. The molecule has 0 unspecified atom stereocenters. The molecular formula is C21H30N6O2S. The van der Waals surface area contributed by atoms with E-state index >= 15 is 0 Å². The van der Waals surface area contributed by atoms with Gasteiger partial charge in [0.05, 0.1) is 23.3 Å². The highest BCUT2D eigenvalue weighted by Gasteiger charge is 2.40. The molecule has 0 amide bonds. The Balaban J connectivity index is 1.44. The van der Waals surface area contributed by atoms with Gasteiger partial charge in [0.15, 0.2) is 0 Å². The van der Waals surface area contributed by atoms with Crippen LogP contribution in [0.2, 0.25) is 0 Å². The summed E-state index contributed by atoms with van der Waals surface area (Å²) in [7, 11) is -3.12. The van der Waals surface area contributed by atoms with Crippen molar-refractivity contribution in [2.45, 2.75) is 70.4 Å². The number of rotatable bonds is 4. The van der Waals surface area contributed by atoms with E-state index < -0.39 is 10.0 Å². The number of hydrogen-bond acceptors (Lipinski definition) is 6. The molecule has 162 valence electrons. The first-order valence-corrected chi connectivity index (χ1v) is 12.7. The lowest BCUT2D eigenvalue weighted by Crippen LogP contribution is -2.42. The number of aromatic nitrogens is 4. The third kappa shape index (κ3) is 3.41. The van der Waals surface area contributed by atoms with Crippen LogP contribution in [-0.2, 0) is 21.9 Å². The highest BCUT2D eigenvalue weighted by molar-refractivity contribution is 7.88. The molecule has 9 heteroatoms. The monoisotopic (exact) mass is 430 g/mol. The zero-order valence-corrected chi connectivity index (χ0v) is 19.0. The van der Waals surface area contributed by atoms with Crippen LogP contribution in [0.4, 0.5) is 5.95 Å². The molecule has 3 heterocycles. The average molecular weight is 431 g/mol. The quantitative estimate of drug-likeness (QED) is 0.802. The van der Waals surface area contributed by atoms with Gasteiger partial charge in [-0.2, -0.15) is 0 Å². The Morgan fingerprint density at radius 2 is 1.83 bits per heavy atom. The standard InChI is InChI=1S/C21H30N6O2S/c1-13-23-19-18(27(13)16-5-6-16)17-14(11-21(19,2)3)12-22-20(25-17)24-15-7-9-26(10-8-15)30(4,28)29/h12,15-16H,5-11H2,1-4H3,(H,22,24,25). The molecule has 8 nitrogen and oxygen atoms in total. The SMILES string of the molecule is Cc1nc2c(n1C1CC1)-c1nc(NC3CCN(S(C)(=O)=O)CC3)ncc1CC2(C)C. The normalized spacial score (nSPS) is 21.9. The molecule has 1 aliphatic heterocycles. The number of imidazole rings is 1. The van der Waals surface area contributed by atoms with E-state index in [0.717, 1.165) is 36.5 Å². The third-order valence-corrected chi connectivity index (χ3v) is 7.92. The van der Waals surface area contributed by atoms with E-state index in [1.54, 1.807) is 4.31 Å². The van der Waals surface area contributed by atoms with Crippen LogP contribution in [-0.4, -0.2) is 57.6 Å². The van der Waals surface area contributed by atoms with E-state index in [2.05, 4.69) is 35.6 Å². The van der Waals surface area contributed by atoms with E-state index in [1.807, 2.05) is 6.20 Å². The number of aryl methyl sites for hydroxylation is 1. The molecule has 5 rings (SSSR count). The van der Waals surface area contributed by atoms with E-state index in [1.165, 1.54) is 30.4 Å². The van der Waals surface area contributed by atoms with Gasteiger partial charge in [0.2, 0.25) is 16.0 Å². The molecular weight excluding hydrogens is 400 g/mol. The van der Waals surface area contributed by atoms with Crippen molar-refractivity contribution in [3.63, 3.8) is 0 Å². The van der Waals surface area contributed by atoms with Crippen molar-refractivity contribution in [3.05, 3.63) is 23.3 Å². The molecule has 2 aromatic rings. The fourth-order valence-corrected chi connectivity index (χ4v) is 5.78. The van der Waals surface area contributed by atoms with Crippen molar-refractivity contribution >= 4 is 16.0 Å². The molecule has 0 bridgehead atoms. The summed E-state index contributed by atoms with van der Waals surface area (Å²) >= 11 is 0.